The normalized spacial score (nSPS) is 11.9. The maximum absolute atomic E-state index is 12.9. The fourth-order valence-corrected chi connectivity index (χ4v) is 3.58. The van der Waals surface area contributed by atoms with Crippen LogP contribution in [0, 0.1) is 5.92 Å². The Morgan fingerprint density at radius 1 is 1.19 bits per heavy atom. The number of benzene rings is 1. The van der Waals surface area contributed by atoms with Crippen molar-refractivity contribution < 1.29 is 45.3 Å². The summed E-state index contributed by atoms with van der Waals surface area (Å²) in [6.45, 7) is 3.97. The van der Waals surface area contributed by atoms with Gasteiger partial charge in [0.05, 0.1) is 12.2 Å². The Kier molecular flexibility index (Phi) is 11.2. The molecule has 10 nitrogen and oxygen atoms in total. The van der Waals surface area contributed by atoms with E-state index in [9.17, 15) is 26.4 Å². The third-order valence-corrected chi connectivity index (χ3v) is 5.82. The molecule has 0 spiro atoms. The summed E-state index contributed by atoms with van der Waals surface area (Å²) in [5.74, 6) is 0.212. The van der Waals surface area contributed by atoms with Crippen LogP contribution in [0.5, 0.6) is 17.4 Å². The zero-order chi connectivity index (χ0) is 27.6. The zero-order valence-electron chi connectivity index (χ0n) is 20.2. The Bertz CT molecular complexity index is 1160. The van der Waals surface area contributed by atoms with E-state index in [1.54, 1.807) is 4.72 Å². The van der Waals surface area contributed by atoms with Crippen LogP contribution >= 0.6 is 11.6 Å². The molecule has 0 radical (unpaired) electrons. The first-order chi connectivity index (χ1) is 17.3. The van der Waals surface area contributed by atoms with E-state index in [2.05, 4.69) is 9.71 Å². The highest BCUT2D eigenvalue weighted by Crippen LogP contribution is 2.36. The minimum Gasteiger partial charge on any atom is -0.491 e. The molecule has 0 saturated heterocycles. The molecular formula is C22H27ClF3N3O7S. The summed E-state index contributed by atoms with van der Waals surface area (Å²) in [6, 6.07) is 5.01. The van der Waals surface area contributed by atoms with Crippen molar-refractivity contribution in [3.05, 3.63) is 46.6 Å². The molecule has 0 bridgehead atoms. The van der Waals surface area contributed by atoms with Gasteiger partial charge in [-0.3, -0.25) is 0 Å². The molecule has 0 atom stereocenters. The highest BCUT2D eigenvalue weighted by Gasteiger charge is 2.32. The van der Waals surface area contributed by atoms with Gasteiger partial charge in [0.25, 0.3) is 0 Å². The van der Waals surface area contributed by atoms with Crippen molar-refractivity contribution in [2.24, 2.45) is 5.92 Å². The molecule has 2 N–H and O–H groups in total. The average Bonchev–Trinajstić information content (AvgIpc) is 2.78. The number of nitrogens with one attached hydrogen (secondary N) is 2. The summed E-state index contributed by atoms with van der Waals surface area (Å²) in [7, 11) is -2.65. The van der Waals surface area contributed by atoms with Gasteiger partial charge in [-0.05, 0) is 30.5 Å². The monoisotopic (exact) mass is 569 g/mol. The molecule has 2 rings (SSSR count). The fourth-order valence-electron chi connectivity index (χ4n) is 2.64. The third-order valence-electron chi connectivity index (χ3n) is 4.53. The third kappa shape index (κ3) is 10.6. The van der Waals surface area contributed by atoms with E-state index in [0.717, 1.165) is 0 Å². The van der Waals surface area contributed by atoms with Gasteiger partial charge in [-0.15, -0.1) is 0 Å². The van der Waals surface area contributed by atoms with Gasteiger partial charge < -0.3 is 18.9 Å². The summed E-state index contributed by atoms with van der Waals surface area (Å²) in [5, 5.41) is -0.413. The highest BCUT2D eigenvalue weighted by molar-refractivity contribution is 7.88. The summed E-state index contributed by atoms with van der Waals surface area (Å²) in [6.07, 6.45) is -4.79. The fraction of sp³-hybridized carbons (Fsp3) is 0.455. The summed E-state index contributed by atoms with van der Waals surface area (Å²) < 4.78 is 87.7. The smallest absolute Gasteiger partial charge is 0.422 e. The molecule has 1 aromatic heterocycles. The van der Waals surface area contributed by atoms with Crippen LogP contribution in [0.25, 0.3) is 0 Å². The van der Waals surface area contributed by atoms with Gasteiger partial charge in [-0.1, -0.05) is 25.4 Å². The first-order valence-electron chi connectivity index (χ1n) is 10.9. The summed E-state index contributed by atoms with van der Waals surface area (Å²) in [5.41, 5.74) is -0.845. The van der Waals surface area contributed by atoms with Crippen molar-refractivity contribution in [1.82, 2.24) is 14.4 Å². The van der Waals surface area contributed by atoms with Crippen LogP contribution in [0.4, 0.5) is 18.0 Å². The lowest BCUT2D eigenvalue weighted by atomic mass is 10.1. The number of carbonyl (C=O) groups excluding carboxylic acids is 1. The van der Waals surface area contributed by atoms with Crippen LogP contribution in [-0.4, -0.2) is 46.4 Å². The number of amides is 1. The molecule has 0 aliphatic rings. The lowest BCUT2D eigenvalue weighted by Gasteiger charge is -2.15. The Morgan fingerprint density at radius 2 is 1.92 bits per heavy atom. The van der Waals surface area contributed by atoms with Crippen molar-refractivity contribution in [3.63, 3.8) is 0 Å². The van der Waals surface area contributed by atoms with Crippen molar-refractivity contribution in [2.45, 2.75) is 33.1 Å². The average molecular weight is 570 g/mol. The van der Waals surface area contributed by atoms with Gasteiger partial charge in [0.2, 0.25) is 5.88 Å². The molecule has 206 valence electrons. The first-order valence-corrected chi connectivity index (χ1v) is 12.8. The minimum absolute atomic E-state index is 0.00482. The zero-order valence-corrected chi connectivity index (χ0v) is 21.8. The predicted octanol–water partition coefficient (Wildman–Crippen LogP) is 4.68. The Hall–Kier alpha value is -2.81. The SMILES string of the molecule is COCCOc1ccc(COC(=O)NS(=O)(=O)NCCC(C)C)c(Oc2ncc(C(F)(F)F)cc2Cl)c1. The lowest BCUT2D eigenvalue weighted by molar-refractivity contribution is -0.137. The molecule has 2 aromatic rings. The second kappa shape index (κ2) is 13.7. The van der Waals surface area contributed by atoms with Crippen molar-refractivity contribution in [1.29, 1.82) is 0 Å². The van der Waals surface area contributed by atoms with Crippen LogP contribution in [0.3, 0.4) is 0 Å². The van der Waals surface area contributed by atoms with Crippen LogP contribution in [-0.2, 0) is 32.5 Å². The minimum atomic E-state index is -4.65. The van der Waals surface area contributed by atoms with Gasteiger partial charge in [-0.25, -0.2) is 14.5 Å². The van der Waals surface area contributed by atoms with Crippen molar-refractivity contribution in [3.8, 4) is 17.4 Å². The molecule has 0 aliphatic carbocycles. The van der Waals surface area contributed by atoms with Crippen molar-refractivity contribution in [2.75, 3.05) is 26.9 Å². The van der Waals surface area contributed by atoms with Crippen LogP contribution < -0.4 is 18.9 Å². The number of nitrogens with zero attached hydrogens (tertiary/aromatic N) is 1. The van der Waals surface area contributed by atoms with E-state index in [0.29, 0.717) is 24.4 Å². The topological polar surface area (TPSA) is 125 Å². The first kappa shape index (κ1) is 30.4. The molecule has 0 saturated carbocycles. The van der Waals surface area contributed by atoms with Gasteiger partial charge in [0.15, 0.2) is 0 Å². The maximum Gasteiger partial charge on any atom is 0.422 e. The quantitative estimate of drug-likeness (QED) is 0.333. The molecule has 1 aromatic carbocycles. The van der Waals surface area contributed by atoms with Crippen LogP contribution in [0.1, 0.15) is 31.4 Å². The number of pyridine rings is 1. The second-order valence-electron chi connectivity index (χ2n) is 7.98. The summed E-state index contributed by atoms with van der Waals surface area (Å²) in [4.78, 5) is 15.7. The number of ether oxygens (including phenoxy) is 4. The van der Waals surface area contributed by atoms with Gasteiger partial charge in [0.1, 0.15) is 29.7 Å². The molecular weight excluding hydrogens is 543 g/mol. The molecule has 0 aliphatic heterocycles. The Labute approximate surface area is 217 Å². The van der Waals surface area contributed by atoms with Crippen LogP contribution in [0.2, 0.25) is 5.02 Å². The van der Waals surface area contributed by atoms with Crippen LogP contribution in [0.15, 0.2) is 30.5 Å². The van der Waals surface area contributed by atoms with E-state index in [4.69, 9.17) is 30.5 Å². The maximum atomic E-state index is 12.9. The lowest BCUT2D eigenvalue weighted by Crippen LogP contribution is -2.41. The molecule has 1 amide bonds. The van der Waals surface area contributed by atoms with Gasteiger partial charge >= 0.3 is 22.5 Å². The largest absolute Gasteiger partial charge is 0.491 e. The number of halogens is 4. The molecule has 0 fully saturated rings. The Balaban J connectivity index is 2.17. The standard InChI is InChI=1S/C22H27ClF3N3O7S/c1-14(2)6-7-28-37(31,32)29-21(30)35-13-15-4-5-17(34-9-8-33-3)11-19(15)36-20-18(23)10-16(12-27-20)22(24,25)26/h4-5,10-12,14,28H,6-9,13H2,1-3H3,(H,29,30). The second-order valence-corrected chi connectivity index (χ2v) is 9.89. The van der Waals surface area contributed by atoms with E-state index in [-0.39, 0.29) is 42.9 Å². The van der Waals surface area contributed by atoms with Crippen molar-refractivity contribution >= 4 is 27.9 Å². The van der Waals surface area contributed by atoms with E-state index < -0.39 is 39.7 Å². The number of hydrogen-bond acceptors (Lipinski definition) is 8. The number of carbonyl (C=O) groups is 1. The number of rotatable bonds is 13. The van der Waals surface area contributed by atoms with Gasteiger partial charge in [0, 0.05) is 31.5 Å². The molecule has 15 heteroatoms. The number of alkyl halides is 3. The van der Waals surface area contributed by atoms with Gasteiger partial charge in [-0.2, -0.15) is 26.3 Å². The highest BCUT2D eigenvalue weighted by atomic mass is 35.5. The van der Waals surface area contributed by atoms with E-state index in [1.165, 1.54) is 25.3 Å². The molecule has 1 heterocycles. The molecule has 0 unspecified atom stereocenters. The summed E-state index contributed by atoms with van der Waals surface area (Å²) >= 11 is 5.94. The van der Waals surface area contributed by atoms with E-state index in [1.807, 2.05) is 13.8 Å². The predicted molar refractivity (Wildman–Crippen MR) is 128 cm³/mol. The molecule has 37 heavy (non-hydrogen) atoms. The van der Waals surface area contributed by atoms with E-state index >= 15 is 0 Å². The Morgan fingerprint density at radius 3 is 2.54 bits per heavy atom. The number of aromatic nitrogens is 1. The number of methoxy groups -OCH3 is 1. The number of hydrogen-bond donors (Lipinski definition) is 2.